The van der Waals surface area contributed by atoms with Gasteiger partial charge in [0.2, 0.25) is 0 Å². The lowest BCUT2D eigenvalue weighted by atomic mass is 10.1. The van der Waals surface area contributed by atoms with Crippen molar-refractivity contribution >= 4 is 32.7 Å². The summed E-state index contributed by atoms with van der Waals surface area (Å²) in [5.74, 6) is 0. The number of aromatic nitrogens is 4. The summed E-state index contributed by atoms with van der Waals surface area (Å²) < 4.78 is 0. The number of aromatic amines is 3. The highest BCUT2D eigenvalue weighted by molar-refractivity contribution is 6.01. The van der Waals surface area contributed by atoms with Crippen LogP contribution in [0.3, 0.4) is 0 Å². The second-order valence-corrected chi connectivity index (χ2v) is 4.43. The molecule has 0 saturated heterocycles. The highest BCUT2D eigenvalue weighted by Gasteiger charge is 2.05. The van der Waals surface area contributed by atoms with E-state index in [0.29, 0.717) is 10.9 Å². The fraction of sp³-hybridized carbons (Fsp3) is 0. The van der Waals surface area contributed by atoms with Gasteiger partial charge in [0, 0.05) is 0 Å². The van der Waals surface area contributed by atoms with Gasteiger partial charge >= 0.3 is 5.69 Å². The van der Waals surface area contributed by atoms with Crippen LogP contribution in [-0.4, -0.2) is 19.9 Å². The van der Waals surface area contributed by atoms with Gasteiger partial charge in [-0.15, -0.1) is 0 Å². The molecular formula is C13H8N4O2. The van der Waals surface area contributed by atoms with Crippen LogP contribution in [0.2, 0.25) is 0 Å². The van der Waals surface area contributed by atoms with Gasteiger partial charge in [-0.25, -0.2) is 9.78 Å². The molecule has 92 valence electrons. The van der Waals surface area contributed by atoms with E-state index in [0.717, 1.165) is 21.8 Å². The van der Waals surface area contributed by atoms with E-state index in [4.69, 9.17) is 0 Å². The number of benzene rings is 2. The second-order valence-electron chi connectivity index (χ2n) is 4.43. The first kappa shape index (κ1) is 10.1. The van der Waals surface area contributed by atoms with Crippen LogP contribution in [0.5, 0.6) is 0 Å². The van der Waals surface area contributed by atoms with Gasteiger partial charge in [-0.2, -0.15) is 0 Å². The van der Waals surface area contributed by atoms with Crippen molar-refractivity contribution in [2.24, 2.45) is 0 Å². The van der Waals surface area contributed by atoms with Crippen LogP contribution in [-0.2, 0) is 0 Å². The van der Waals surface area contributed by atoms with Crippen molar-refractivity contribution in [3.63, 3.8) is 0 Å². The minimum absolute atomic E-state index is 0.384. The maximum atomic E-state index is 11.8. The molecule has 4 rings (SSSR count). The van der Waals surface area contributed by atoms with E-state index in [-0.39, 0.29) is 5.56 Å². The first-order chi connectivity index (χ1) is 9.20. The van der Waals surface area contributed by atoms with Gasteiger partial charge in [0.25, 0.3) is 5.56 Å². The Morgan fingerprint density at radius 1 is 0.895 bits per heavy atom. The van der Waals surface area contributed by atoms with E-state index in [1.807, 2.05) is 12.1 Å². The predicted octanol–water partition coefficient (Wildman–Crippen LogP) is 1.25. The lowest BCUT2D eigenvalue weighted by molar-refractivity contribution is 1.08. The number of rotatable bonds is 0. The average Bonchev–Trinajstić information content (AvgIpc) is 2.81. The molecule has 2 aromatic heterocycles. The number of hydrogen-bond donors (Lipinski definition) is 3. The molecule has 0 aliphatic carbocycles. The Morgan fingerprint density at radius 3 is 2.58 bits per heavy atom. The summed E-state index contributed by atoms with van der Waals surface area (Å²) in [5.41, 5.74) is 1.39. The van der Waals surface area contributed by atoms with Gasteiger partial charge in [-0.3, -0.25) is 9.78 Å². The molecule has 2 heterocycles. The van der Waals surface area contributed by atoms with Crippen LogP contribution in [0.15, 0.2) is 40.2 Å². The van der Waals surface area contributed by atoms with Crippen molar-refractivity contribution in [2.45, 2.75) is 0 Å². The first-order valence-electron chi connectivity index (χ1n) is 5.74. The zero-order valence-electron chi connectivity index (χ0n) is 9.65. The molecule has 19 heavy (non-hydrogen) atoms. The first-order valence-corrected chi connectivity index (χ1v) is 5.74. The lowest BCUT2D eigenvalue weighted by Gasteiger charge is -2.01. The molecule has 2 aromatic carbocycles. The van der Waals surface area contributed by atoms with Crippen molar-refractivity contribution in [1.82, 2.24) is 19.9 Å². The minimum atomic E-state index is -0.502. The SMILES string of the molecule is O=c1[nH]c(=O)c2cc3cc4[nH]cnc4cc3cc2[nH]1. The Hall–Kier alpha value is -2.89. The zero-order valence-corrected chi connectivity index (χ0v) is 9.65. The Morgan fingerprint density at radius 2 is 1.68 bits per heavy atom. The van der Waals surface area contributed by atoms with Crippen LogP contribution < -0.4 is 11.2 Å². The molecule has 6 nitrogen and oxygen atoms in total. The Labute approximate surface area is 105 Å². The molecule has 0 fully saturated rings. The molecule has 0 spiro atoms. The number of nitrogens with zero attached hydrogens (tertiary/aromatic N) is 1. The van der Waals surface area contributed by atoms with E-state index in [1.54, 1.807) is 18.5 Å². The van der Waals surface area contributed by atoms with Crippen molar-refractivity contribution in [3.05, 3.63) is 51.4 Å². The average molecular weight is 252 g/mol. The third-order valence-electron chi connectivity index (χ3n) is 3.23. The molecule has 0 aliphatic rings. The third kappa shape index (κ3) is 1.40. The van der Waals surface area contributed by atoms with Crippen LogP contribution in [0.25, 0.3) is 32.7 Å². The molecule has 0 amide bonds. The van der Waals surface area contributed by atoms with Crippen LogP contribution in [0.4, 0.5) is 0 Å². The standard InChI is InChI=1S/C13H8N4O2/c18-12-8-1-6-3-10-11(15-5-14-10)4-7(6)2-9(8)16-13(19)17-12/h1-5H,(H,14,15)(H2,16,17,18,19). The second kappa shape index (κ2) is 3.32. The summed E-state index contributed by atoms with van der Waals surface area (Å²) in [5, 5.41) is 2.31. The van der Waals surface area contributed by atoms with Crippen molar-refractivity contribution in [1.29, 1.82) is 0 Å². The van der Waals surface area contributed by atoms with Gasteiger partial charge in [-0.1, -0.05) is 0 Å². The fourth-order valence-corrected chi connectivity index (χ4v) is 2.35. The van der Waals surface area contributed by atoms with Crippen molar-refractivity contribution < 1.29 is 0 Å². The summed E-state index contributed by atoms with van der Waals surface area (Å²) in [6, 6.07) is 7.40. The summed E-state index contributed by atoms with van der Waals surface area (Å²) in [6.07, 6.45) is 1.62. The van der Waals surface area contributed by atoms with Crippen LogP contribution in [0, 0.1) is 0 Å². The Bertz CT molecular complexity index is 1050. The lowest BCUT2D eigenvalue weighted by Crippen LogP contribution is -2.21. The van der Waals surface area contributed by atoms with Gasteiger partial charge in [-0.05, 0) is 35.0 Å². The molecule has 6 heteroatoms. The highest BCUT2D eigenvalue weighted by Crippen LogP contribution is 2.23. The molecule has 0 saturated carbocycles. The number of fused-ring (bicyclic) bond motifs is 3. The summed E-state index contributed by atoms with van der Waals surface area (Å²) >= 11 is 0. The molecule has 0 radical (unpaired) electrons. The molecule has 4 aromatic rings. The topological polar surface area (TPSA) is 94.4 Å². The smallest absolute Gasteiger partial charge is 0.326 e. The molecule has 0 aliphatic heterocycles. The van der Waals surface area contributed by atoms with E-state index in [9.17, 15) is 9.59 Å². The quantitative estimate of drug-likeness (QED) is 0.411. The summed E-state index contributed by atoms with van der Waals surface area (Å²) in [6.45, 7) is 0. The van der Waals surface area contributed by atoms with E-state index in [1.165, 1.54) is 0 Å². The third-order valence-corrected chi connectivity index (χ3v) is 3.23. The van der Waals surface area contributed by atoms with Gasteiger partial charge in [0.1, 0.15) is 0 Å². The number of H-pyrrole nitrogens is 3. The van der Waals surface area contributed by atoms with Crippen molar-refractivity contribution in [3.8, 4) is 0 Å². The maximum Gasteiger partial charge on any atom is 0.326 e. The Kier molecular flexibility index (Phi) is 1.76. The molecular weight excluding hydrogens is 244 g/mol. The van der Waals surface area contributed by atoms with Crippen LogP contribution in [0.1, 0.15) is 0 Å². The van der Waals surface area contributed by atoms with Crippen molar-refractivity contribution in [2.75, 3.05) is 0 Å². The normalized spacial score (nSPS) is 11.6. The van der Waals surface area contributed by atoms with Gasteiger partial charge in [0.05, 0.1) is 28.3 Å². The van der Waals surface area contributed by atoms with Gasteiger partial charge in [0.15, 0.2) is 0 Å². The van der Waals surface area contributed by atoms with E-state index < -0.39 is 5.69 Å². The maximum absolute atomic E-state index is 11.8. The van der Waals surface area contributed by atoms with Crippen LogP contribution >= 0.6 is 0 Å². The number of nitrogens with one attached hydrogen (secondary N) is 3. The summed E-state index contributed by atoms with van der Waals surface area (Å²) in [7, 11) is 0. The molecule has 0 atom stereocenters. The Balaban J connectivity index is 2.26. The summed E-state index contributed by atoms with van der Waals surface area (Å²) in [4.78, 5) is 35.1. The van der Waals surface area contributed by atoms with E-state index in [2.05, 4.69) is 19.9 Å². The van der Waals surface area contributed by atoms with Gasteiger partial charge < -0.3 is 9.97 Å². The molecule has 3 N–H and O–H groups in total. The molecule has 0 bridgehead atoms. The van der Waals surface area contributed by atoms with E-state index >= 15 is 0 Å². The zero-order chi connectivity index (χ0) is 13.0. The number of hydrogen-bond acceptors (Lipinski definition) is 3. The minimum Gasteiger partial charge on any atom is -0.345 e. The molecule has 0 unspecified atom stereocenters. The largest absolute Gasteiger partial charge is 0.345 e. The fourth-order valence-electron chi connectivity index (χ4n) is 2.35. The number of imidazole rings is 1. The monoisotopic (exact) mass is 252 g/mol. The predicted molar refractivity (Wildman–Crippen MR) is 72.3 cm³/mol. The highest BCUT2D eigenvalue weighted by atomic mass is 16.2.